The summed E-state index contributed by atoms with van der Waals surface area (Å²) in [6.07, 6.45) is 0. The summed E-state index contributed by atoms with van der Waals surface area (Å²) in [6, 6.07) is 18.6. The first-order valence-corrected chi connectivity index (χ1v) is 14.1. The summed E-state index contributed by atoms with van der Waals surface area (Å²) in [5.74, 6) is -0.236. The van der Waals surface area contributed by atoms with Crippen LogP contribution in [-0.4, -0.2) is 31.6 Å². The Bertz CT molecular complexity index is 1440. The second-order valence-electron chi connectivity index (χ2n) is 7.08. The van der Waals surface area contributed by atoms with Crippen LogP contribution in [-0.2, 0) is 14.8 Å². The Morgan fingerprint density at radius 1 is 1.09 bits per heavy atom. The van der Waals surface area contributed by atoms with Crippen LogP contribution in [0.3, 0.4) is 0 Å². The third-order valence-electron chi connectivity index (χ3n) is 4.79. The number of benzene rings is 3. The van der Waals surface area contributed by atoms with E-state index in [2.05, 4.69) is 10.3 Å². The van der Waals surface area contributed by atoms with Crippen molar-refractivity contribution in [1.29, 1.82) is 0 Å². The van der Waals surface area contributed by atoms with Gasteiger partial charge in [0.2, 0.25) is 5.91 Å². The number of hydrogen-bond donors (Lipinski definition) is 1. The lowest BCUT2D eigenvalue weighted by Crippen LogP contribution is -2.30. The van der Waals surface area contributed by atoms with Crippen LogP contribution < -0.4 is 9.62 Å². The predicted octanol–water partition coefficient (Wildman–Crippen LogP) is 6.55. The molecule has 4 aromatic rings. The van der Waals surface area contributed by atoms with Gasteiger partial charge in [-0.1, -0.05) is 53.2 Å². The highest BCUT2D eigenvalue weighted by molar-refractivity contribution is 8.01. The summed E-state index contributed by atoms with van der Waals surface area (Å²) in [5, 5.41) is 3.56. The molecule has 0 saturated carbocycles. The van der Waals surface area contributed by atoms with Crippen molar-refractivity contribution in [2.45, 2.75) is 16.2 Å². The largest absolute Gasteiger partial charge is 0.324 e. The highest BCUT2D eigenvalue weighted by Crippen LogP contribution is 2.32. The number of thiazole rings is 1. The van der Waals surface area contributed by atoms with Crippen molar-refractivity contribution in [3.8, 4) is 0 Å². The fourth-order valence-corrected chi connectivity index (χ4v) is 6.91. The minimum atomic E-state index is -3.85. The quantitative estimate of drug-likeness (QED) is 0.251. The summed E-state index contributed by atoms with van der Waals surface area (Å²) in [4.78, 5) is 17.1. The van der Waals surface area contributed by atoms with Crippen molar-refractivity contribution in [3.63, 3.8) is 0 Å². The minimum Gasteiger partial charge on any atom is -0.324 e. The summed E-state index contributed by atoms with van der Waals surface area (Å²) < 4.78 is 29.6. The highest BCUT2D eigenvalue weighted by Gasteiger charge is 2.24. The zero-order chi connectivity index (χ0) is 24.3. The van der Waals surface area contributed by atoms with E-state index in [1.165, 1.54) is 45.6 Å². The Morgan fingerprint density at radius 2 is 1.85 bits per heavy atom. The number of nitrogens with zero attached hydrogens (tertiary/aromatic N) is 2. The maximum atomic E-state index is 13.3. The van der Waals surface area contributed by atoms with Gasteiger partial charge in [0.05, 0.1) is 37.3 Å². The first kappa shape index (κ1) is 24.8. The van der Waals surface area contributed by atoms with Crippen LogP contribution in [0, 0.1) is 0 Å². The Morgan fingerprint density at radius 3 is 2.59 bits per heavy atom. The van der Waals surface area contributed by atoms with Crippen LogP contribution >= 0.6 is 46.3 Å². The molecule has 1 N–H and O–H groups in total. The van der Waals surface area contributed by atoms with Crippen molar-refractivity contribution >= 4 is 83.8 Å². The number of sulfonamides is 1. The first-order valence-electron chi connectivity index (χ1n) is 10.1. The van der Waals surface area contributed by atoms with Crippen LogP contribution in [0.1, 0.15) is 6.92 Å². The number of carbonyl (C=O) groups excluding carboxylic acids is 1. The fraction of sp³-hybridized carbons (Fsp3) is 0.130. The van der Waals surface area contributed by atoms with Crippen LogP contribution in [0.25, 0.3) is 10.2 Å². The molecule has 4 rings (SSSR count). The maximum Gasteiger partial charge on any atom is 0.264 e. The van der Waals surface area contributed by atoms with E-state index in [4.69, 9.17) is 23.2 Å². The number of rotatable bonds is 8. The van der Waals surface area contributed by atoms with E-state index < -0.39 is 10.0 Å². The Kier molecular flexibility index (Phi) is 7.69. The standard InChI is InChI=1S/C23H19Cl2N3O3S3/c1-2-28(16-6-4-3-5-7-16)34(30,31)17-9-10-18(25)19(13-17)26-22(29)14-32-23-27-20-12-15(24)8-11-21(20)33-23/h3-13H,2,14H2,1H3,(H,26,29). The molecule has 6 nitrogen and oxygen atoms in total. The van der Waals surface area contributed by atoms with E-state index >= 15 is 0 Å². The molecule has 0 aliphatic carbocycles. The van der Waals surface area contributed by atoms with Gasteiger partial charge in [0.15, 0.2) is 4.34 Å². The Balaban J connectivity index is 1.49. The molecule has 0 aliphatic heterocycles. The second-order valence-corrected chi connectivity index (χ2v) is 12.0. The van der Waals surface area contributed by atoms with Gasteiger partial charge < -0.3 is 5.32 Å². The lowest BCUT2D eigenvalue weighted by atomic mass is 10.3. The number of thioether (sulfide) groups is 1. The number of fused-ring (bicyclic) bond motifs is 1. The van der Waals surface area contributed by atoms with Gasteiger partial charge in [0.25, 0.3) is 10.0 Å². The Labute approximate surface area is 216 Å². The van der Waals surface area contributed by atoms with E-state index in [1.54, 1.807) is 43.3 Å². The van der Waals surface area contributed by atoms with Crippen LogP contribution in [0.15, 0.2) is 76.0 Å². The van der Waals surface area contributed by atoms with Gasteiger partial charge in [0.1, 0.15) is 0 Å². The SMILES string of the molecule is CCN(c1ccccc1)S(=O)(=O)c1ccc(Cl)c(NC(=O)CSc2nc3cc(Cl)ccc3s2)c1. The van der Waals surface area contributed by atoms with Gasteiger partial charge >= 0.3 is 0 Å². The van der Waals surface area contributed by atoms with E-state index in [1.807, 2.05) is 12.1 Å². The average molecular weight is 553 g/mol. The van der Waals surface area contributed by atoms with E-state index in [0.717, 1.165) is 14.6 Å². The lowest BCUT2D eigenvalue weighted by molar-refractivity contribution is -0.113. The highest BCUT2D eigenvalue weighted by atomic mass is 35.5. The average Bonchev–Trinajstić information content (AvgIpc) is 3.22. The zero-order valence-electron chi connectivity index (χ0n) is 17.9. The summed E-state index contributed by atoms with van der Waals surface area (Å²) in [7, 11) is -3.85. The molecular weight excluding hydrogens is 533 g/mol. The number of hydrogen-bond acceptors (Lipinski definition) is 6. The molecule has 0 bridgehead atoms. The number of amides is 1. The van der Waals surface area contributed by atoms with Gasteiger partial charge in [0, 0.05) is 11.6 Å². The fourth-order valence-electron chi connectivity index (χ4n) is 3.23. The van der Waals surface area contributed by atoms with Crippen LogP contribution in [0.4, 0.5) is 11.4 Å². The second kappa shape index (κ2) is 10.5. The van der Waals surface area contributed by atoms with Gasteiger partial charge in [-0.25, -0.2) is 13.4 Å². The first-order chi connectivity index (χ1) is 16.3. The molecule has 0 spiro atoms. The number of nitrogens with one attached hydrogen (secondary N) is 1. The van der Waals surface area contributed by atoms with E-state index in [0.29, 0.717) is 10.7 Å². The molecule has 0 aliphatic rings. The third kappa shape index (κ3) is 5.50. The molecule has 0 unspecified atom stereocenters. The van der Waals surface area contributed by atoms with Crippen molar-refractivity contribution in [3.05, 3.63) is 76.8 Å². The molecule has 34 heavy (non-hydrogen) atoms. The molecule has 11 heteroatoms. The molecule has 1 aromatic heterocycles. The summed E-state index contributed by atoms with van der Waals surface area (Å²) in [6.45, 7) is 2.01. The van der Waals surface area contributed by atoms with Crippen molar-refractivity contribution < 1.29 is 13.2 Å². The van der Waals surface area contributed by atoms with E-state index in [9.17, 15) is 13.2 Å². The minimum absolute atomic E-state index is 0.0357. The van der Waals surface area contributed by atoms with Gasteiger partial charge in [-0.05, 0) is 55.5 Å². The maximum absolute atomic E-state index is 13.3. The number of anilines is 2. The van der Waals surface area contributed by atoms with Crippen molar-refractivity contribution in [1.82, 2.24) is 4.98 Å². The van der Waals surface area contributed by atoms with Gasteiger partial charge in [-0.3, -0.25) is 9.10 Å². The van der Waals surface area contributed by atoms with Crippen molar-refractivity contribution in [2.24, 2.45) is 0 Å². The predicted molar refractivity (Wildman–Crippen MR) is 142 cm³/mol. The lowest BCUT2D eigenvalue weighted by Gasteiger charge is -2.23. The molecule has 0 atom stereocenters. The van der Waals surface area contributed by atoms with Crippen LogP contribution in [0.5, 0.6) is 0 Å². The monoisotopic (exact) mass is 551 g/mol. The van der Waals surface area contributed by atoms with Gasteiger partial charge in [-0.15, -0.1) is 11.3 Å². The zero-order valence-corrected chi connectivity index (χ0v) is 21.8. The number of halogens is 2. The smallest absolute Gasteiger partial charge is 0.264 e. The third-order valence-corrected chi connectivity index (χ3v) is 9.43. The molecule has 1 heterocycles. The topological polar surface area (TPSA) is 79.4 Å². The Hall–Kier alpha value is -2.30. The van der Waals surface area contributed by atoms with Crippen molar-refractivity contribution in [2.75, 3.05) is 21.9 Å². The normalized spacial score (nSPS) is 11.5. The van der Waals surface area contributed by atoms with E-state index in [-0.39, 0.29) is 33.8 Å². The number of para-hydroxylation sites is 1. The molecule has 176 valence electrons. The molecule has 0 saturated heterocycles. The summed E-state index contributed by atoms with van der Waals surface area (Å²) in [5.41, 5.74) is 1.56. The molecular formula is C23H19Cl2N3O3S3. The van der Waals surface area contributed by atoms with Crippen LogP contribution in [0.2, 0.25) is 10.0 Å². The number of aromatic nitrogens is 1. The van der Waals surface area contributed by atoms with Gasteiger partial charge in [-0.2, -0.15) is 0 Å². The number of carbonyl (C=O) groups is 1. The molecule has 1 amide bonds. The molecule has 0 radical (unpaired) electrons. The molecule has 3 aromatic carbocycles. The molecule has 0 fully saturated rings. The summed E-state index contributed by atoms with van der Waals surface area (Å²) >= 11 is 15.0.